The number of aryl methyl sites for hydroxylation is 1. The number of methoxy groups -OCH3 is 4. The topological polar surface area (TPSA) is 69.6 Å². The lowest BCUT2D eigenvalue weighted by atomic mass is 9.66. The van der Waals surface area contributed by atoms with Crippen LogP contribution in [0.3, 0.4) is 0 Å². The Morgan fingerprint density at radius 1 is 0.921 bits per heavy atom. The molecule has 1 aliphatic rings. The molecule has 38 heavy (non-hydrogen) atoms. The molecule has 2 aromatic rings. The molecule has 0 amide bonds. The largest absolute Gasteiger partial charge is 0.493 e. The fourth-order valence-electron chi connectivity index (χ4n) is 5.69. The summed E-state index contributed by atoms with van der Waals surface area (Å²) in [5.41, 5.74) is 2.87. The molecule has 2 atom stereocenters. The van der Waals surface area contributed by atoms with E-state index < -0.39 is 5.60 Å². The molecule has 0 aromatic heterocycles. The van der Waals surface area contributed by atoms with E-state index in [1.807, 2.05) is 6.07 Å². The van der Waals surface area contributed by atoms with Gasteiger partial charge in [-0.2, -0.15) is 0 Å². The van der Waals surface area contributed by atoms with Crippen molar-refractivity contribution >= 4 is 0 Å². The first kappa shape index (κ1) is 30.1. The van der Waals surface area contributed by atoms with Crippen LogP contribution in [0.4, 0.5) is 0 Å². The van der Waals surface area contributed by atoms with Crippen molar-refractivity contribution in [3.8, 4) is 23.0 Å². The Kier molecular flexibility index (Phi) is 11.1. The maximum Gasteiger partial charge on any atom is 0.161 e. The van der Waals surface area contributed by atoms with Crippen molar-refractivity contribution < 1.29 is 28.8 Å². The van der Waals surface area contributed by atoms with Gasteiger partial charge in [-0.3, -0.25) is 0 Å². The molecule has 7 nitrogen and oxygen atoms in total. The highest BCUT2D eigenvalue weighted by Gasteiger charge is 2.43. The molecule has 0 fully saturated rings. The van der Waals surface area contributed by atoms with E-state index in [9.17, 15) is 5.11 Å². The predicted molar refractivity (Wildman–Crippen MR) is 151 cm³/mol. The fourth-order valence-corrected chi connectivity index (χ4v) is 5.69. The number of fused-ring (bicyclic) bond motifs is 1. The number of ether oxygens (including phenoxy) is 5. The number of hydrogen-bond donors (Lipinski definition) is 1. The zero-order chi connectivity index (χ0) is 27.7. The van der Waals surface area contributed by atoms with E-state index in [0.717, 1.165) is 68.2 Å². The monoisotopic (exact) mass is 529 g/mol. The van der Waals surface area contributed by atoms with Crippen LogP contribution in [0.2, 0.25) is 0 Å². The Labute approximate surface area is 229 Å². The second-order valence-corrected chi connectivity index (χ2v) is 10.7. The Balaban J connectivity index is 1.61. The summed E-state index contributed by atoms with van der Waals surface area (Å²) in [5.74, 6) is 3.32. The molecule has 2 aromatic carbocycles. The Morgan fingerprint density at radius 2 is 1.61 bits per heavy atom. The van der Waals surface area contributed by atoms with Gasteiger partial charge in [0.15, 0.2) is 23.0 Å². The Hall–Kier alpha value is -2.48. The lowest BCUT2D eigenvalue weighted by Crippen LogP contribution is -2.45. The molecule has 0 aliphatic heterocycles. The molecule has 1 N–H and O–H groups in total. The van der Waals surface area contributed by atoms with Crippen molar-refractivity contribution in [1.29, 1.82) is 0 Å². The molecule has 0 saturated carbocycles. The molecule has 0 radical (unpaired) electrons. The van der Waals surface area contributed by atoms with Gasteiger partial charge in [-0.15, -0.1) is 0 Å². The molecular weight excluding hydrogens is 482 g/mol. The van der Waals surface area contributed by atoms with Crippen LogP contribution in [-0.2, 0) is 17.6 Å². The average molecular weight is 530 g/mol. The summed E-state index contributed by atoms with van der Waals surface area (Å²) in [6, 6.07) is 10.3. The molecule has 0 saturated heterocycles. The van der Waals surface area contributed by atoms with Crippen LogP contribution in [0.15, 0.2) is 30.3 Å². The highest BCUT2D eigenvalue weighted by Crippen LogP contribution is 2.48. The van der Waals surface area contributed by atoms with Crippen molar-refractivity contribution in [3.63, 3.8) is 0 Å². The first-order valence-electron chi connectivity index (χ1n) is 13.7. The summed E-state index contributed by atoms with van der Waals surface area (Å²) in [7, 11) is 8.83. The molecule has 1 aliphatic carbocycles. The summed E-state index contributed by atoms with van der Waals surface area (Å²) in [4.78, 5) is 2.31. The third-order valence-corrected chi connectivity index (χ3v) is 7.74. The van der Waals surface area contributed by atoms with Gasteiger partial charge in [-0.25, -0.2) is 0 Å². The normalized spacial score (nSPS) is 18.9. The van der Waals surface area contributed by atoms with E-state index in [1.165, 1.54) is 16.7 Å². The van der Waals surface area contributed by atoms with Gasteiger partial charge in [0.2, 0.25) is 0 Å². The van der Waals surface area contributed by atoms with Gasteiger partial charge in [-0.05, 0) is 79.6 Å². The minimum absolute atomic E-state index is 0.0418. The fraction of sp³-hybridized carbons (Fsp3) is 0.613. The van der Waals surface area contributed by atoms with Crippen molar-refractivity contribution in [2.75, 3.05) is 61.8 Å². The summed E-state index contributed by atoms with van der Waals surface area (Å²) in [6.45, 7) is 7.38. The zero-order valence-electron chi connectivity index (χ0n) is 24.3. The van der Waals surface area contributed by atoms with E-state index in [0.29, 0.717) is 19.1 Å². The second-order valence-electron chi connectivity index (χ2n) is 10.7. The number of aliphatic hydroxyl groups is 1. The van der Waals surface area contributed by atoms with Crippen LogP contribution < -0.4 is 18.9 Å². The number of rotatable bonds is 15. The first-order chi connectivity index (χ1) is 18.3. The third-order valence-electron chi connectivity index (χ3n) is 7.74. The number of likely N-dealkylation sites (N-methyl/N-ethyl adjacent to an activating group) is 1. The third kappa shape index (κ3) is 7.33. The van der Waals surface area contributed by atoms with Gasteiger partial charge in [0.1, 0.15) is 0 Å². The lowest BCUT2D eigenvalue weighted by Gasteiger charge is -2.44. The van der Waals surface area contributed by atoms with E-state index in [2.05, 4.69) is 50.1 Å². The Morgan fingerprint density at radius 3 is 2.26 bits per heavy atom. The number of benzene rings is 2. The highest BCUT2D eigenvalue weighted by atomic mass is 16.5. The summed E-state index contributed by atoms with van der Waals surface area (Å²) in [6.07, 6.45) is 4.03. The zero-order valence-corrected chi connectivity index (χ0v) is 24.3. The quantitative estimate of drug-likeness (QED) is 0.322. The molecule has 0 unspecified atom stereocenters. The standard InChI is InChI=1S/C31H47NO6/c1-22(2)30-25-21-29(37-7)28(36-6)20-24(25)11-13-31(30,33)14-16-32(3)15-12-23-9-10-26(27(19-23)35-5)38-18-8-17-34-4/h9-10,19-22,30,33H,8,11-18H2,1-7H3/t30-,31-/m0/s1. The van der Waals surface area contributed by atoms with Crippen LogP contribution in [0.25, 0.3) is 0 Å². The molecule has 0 bridgehead atoms. The molecular formula is C31H47NO6. The molecule has 0 spiro atoms. The smallest absolute Gasteiger partial charge is 0.161 e. The second kappa shape index (κ2) is 14.1. The van der Waals surface area contributed by atoms with Crippen molar-refractivity contribution in [3.05, 3.63) is 47.0 Å². The van der Waals surface area contributed by atoms with Gasteiger partial charge < -0.3 is 33.7 Å². The summed E-state index contributed by atoms with van der Waals surface area (Å²) < 4.78 is 27.6. The van der Waals surface area contributed by atoms with Crippen LogP contribution >= 0.6 is 0 Å². The molecule has 3 rings (SSSR count). The minimum Gasteiger partial charge on any atom is -0.493 e. The van der Waals surface area contributed by atoms with Crippen LogP contribution in [0.5, 0.6) is 23.0 Å². The van der Waals surface area contributed by atoms with E-state index in [1.54, 1.807) is 28.4 Å². The Bertz CT molecular complexity index is 1030. The van der Waals surface area contributed by atoms with Crippen molar-refractivity contribution in [2.24, 2.45) is 5.92 Å². The molecule has 7 heteroatoms. The van der Waals surface area contributed by atoms with Gasteiger partial charge >= 0.3 is 0 Å². The van der Waals surface area contributed by atoms with Crippen LogP contribution in [0.1, 0.15) is 55.7 Å². The summed E-state index contributed by atoms with van der Waals surface area (Å²) in [5, 5.41) is 11.9. The van der Waals surface area contributed by atoms with Gasteiger partial charge in [0, 0.05) is 39.1 Å². The van der Waals surface area contributed by atoms with Crippen molar-refractivity contribution in [2.45, 2.75) is 57.5 Å². The lowest BCUT2D eigenvalue weighted by molar-refractivity contribution is -0.0300. The van der Waals surface area contributed by atoms with Gasteiger partial charge in [0.25, 0.3) is 0 Å². The number of nitrogens with zero attached hydrogens (tertiary/aromatic N) is 1. The number of hydrogen-bond acceptors (Lipinski definition) is 7. The average Bonchev–Trinajstić information content (AvgIpc) is 2.92. The highest BCUT2D eigenvalue weighted by molar-refractivity contribution is 5.51. The first-order valence-corrected chi connectivity index (χ1v) is 13.7. The van der Waals surface area contributed by atoms with Crippen LogP contribution in [-0.4, -0.2) is 77.4 Å². The predicted octanol–water partition coefficient (Wildman–Crippen LogP) is 5.11. The summed E-state index contributed by atoms with van der Waals surface area (Å²) >= 11 is 0. The SMILES string of the molecule is COCCCOc1ccc(CCN(C)CC[C@@]2(O)CCc3cc(OC)c(OC)cc3[C@@H]2C(C)C)cc1OC. The van der Waals surface area contributed by atoms with Gasteiger partial charge in [-0.1, -0.05) is 19.9 Å². The van der Waals surface area contributed by atoms with Crippen LogP contribution in [0, 0.1) is 5.92 Å². The van der Waals surface area contributed by atoms with Gasteiger partial charge in [0.05, 0.1) is 33.5 Å². The molecule has 212 valence electrons. The minimum atomic E-state index is -0.764. The maximum atomic E-state index is 11.9. The van der Waals surface area contributed by atoms with E-state index in [4.69, 9.17) is 23.7 Å². The molecule has 0 heterocycles. The van der Waals surface area contributed by atoms with E-state index in [-0.39, 0.29) is 5.92 Å². The van der Waals surface area contributed by atoms with E-state index >= 15 is 0 Å². The maximum absolute atomic E-state index is 11.9. The van der Waals surface area contributed by atoms with Crippen molar-refractivity contribution in [1.82, 2.24) is 4.90 Å².